The van der Waals surface area contributed by atoms with Gasteiger partial charge < -0.3 is 4.74 Å². The van der Waals surface area contributed by atoms with E-state index in [1.54, 1.807) is 7.11 Å². The zero-order valence-corrected chi connectivity index (χ0v) is 10.2. The van der Waals surface area contributed by atoms with E-state index >= 15 is 0 Å². The van der Waals surface area contributed by atoms with E-state index in [1.165, 1.54) is 0 Å². The zero-order chi connectivity index (χ0) is 11.2. The first kappa shape index (κ1) is 13.6. The highest BCUT2D eigenvalue weighted by Crippen LogP contribution is 2.26. The molecular weight excluding hydrogens is 176 g/mol. The molecule has 84 valence electrons. The number of carbonyl (C=O) groups is 1. The molecule has 0 amide bonds. The van der Waals surface area contributed by atoms with E-state index in [0.29, 0.717) is 0 Å². The molecule has 14 heavy (non-hydrogen) atoms. The summed E-state index contributed by atoms with van der Waals surface area (Å²) in [6, 6.07) is 0. The van der Waals surface area contributed by atoms with Crippen LogP contribution in [0.1, 0.15) is 53.4 Å². The number of ketones is 1. The number of methoxy groups -OCH3 is 1. The second-order valence-corrected chi connectivity index (χ2v) is 3.96. The lowest BCUT2D eigenvalue weighted by atomic mass is 9.83. The first-order chi connectivity index (χ1) is 6.57. The summed E-state index contributed by atoms with van der Waals surface area (Å²) >= 11 is 0. The second-order valence-electron chi connectivity index (χ2n) is 3.96. The van der Waals surface area contributed by atoms with E-state index in [9.17, 15) is 4.79 Å². The topological polar surface area (TPSA) is 26.3 Å². The first-order valence-corrected chi connectivity index (χ1v) is 5.67. The highest BCUT2D eigenvalue weighted by atomic mass is 16.5. The van der Waals surface area contributed by atoms with Crippen molar-refractivity contribution in [3.05, 3.63) is 0 Å². The molecule has 0 aromatic heterocycles. The van der Waals surface area contributed by atoms with E-state index in [2.05, 4.69) is 6.92 Å². The molecule has 0 spiro atoms. The van der Waals surface area contributed by atoms with Crippen LogP contribution in [-0.2, 0) is 9.53 Å². The van der Waals surface area contributed by atoms with E-state index in [1.807, 2.05) is 20.8 Å². The second kappa shape index (κ2) is 6.18. The fourth-order valence-electron chi connectivity index (χ4n) is 2.00. The highest BCUT2D eigenvalue weighted by molar-refractivity contribution is 5.89. The van der Waals surface area contributed by atoms with Gasteiger partial charge in [0, 0.05) is 13.0 Å². The largest absolute Gasteiger partial charge is 0.370 e. The van der Waals surface area contributed by atoms with Crippen LogP contribution in [0.3, 0.4) is 0 Å². The Balaban J connectivity index is 4.58. The standard InChI is InChI=1S/C12H24O2/c1-6-9-10(4)11(13)12(7-2,8-3)14-5/h10H,6-9H2,1-5H3. The molecule has 1 atom stereocenters. The Morgan fingerprint density at radius 1 is 1.29 bits per heavy atom. The van der Waals surface area contributed by atoms with Gasteiger partial charge in [0.15, 0.2) is 5.78 Å². The minimum atomic E-state index is -0.533. The Hall–Kier alpha value is -0.370. The SMILES string of the molecule is CCCC(C)C(=O)C(CC)(CC)OC. The van der Waals surface area contributed by atoms with Gasteiger partial charge in [0.1, 0.15) is 5.60 Å². The fourth-order valence-corrected chi connectivity index (χ4v) is 2.00. The molecule has 0 aromatic carbocycles. The highest BCUT2D eigenvalue weighted by Gasteiger charge is 2.36. The molecule has 0 bridgehead atoms. The molecule has 0 aliphatic rings. The lowest BCUT2D eigenvalue weighted by Gasteiger charge is -2.31. The molecule has 2 nitrogen and oxygen atoms in total. The third-order valence-electron chi connectivity index (χ3n) is 3.15. The summed E-state index contributed by atoms with van der Waals surface area (Å²) in [5.41, 5.74) is -0.533. The van der Waals surface area contributed by atoms with Crippen LogP contribution in [0.5, 0.6) is 0 Å². The Morgan fingerprint density at radius 3 is 2.07 bits per heavy atom. The van der Waals surface area contributed by atoms with Crippen LogP contribution < -0.4 is 0 Å². The lowest BCUT2D eigenvalue weighted by Crippen LogP contribution is -2.42. The smallest absolute Gasteiger partial charge is 0.167 e. The van der Waals surface area contributed by atoms with Crippen molar-refractivity contribution in [2.75, 3.05) is 7.11 Å². The summed E-state index contributed by atoms with van der Waals surface area (Å²) in [6.45, 7) is 8.15. The van der Waals surface area contributed by atoms with Gasteiger partial charge in [-0.05, 0) is 19.3 Å². The minimum absolute atomic E-state index is 0.125. The summed E-state index contributed by atoms with van der Waals surface area (Å²) < 4.78 is 5.42. The Kier molecular flexibility index (Phi) is 6.01. The lowest BCUT2D eigenvalue weighted by molar-refractivity contribution is -0.146. The molecular formula is C12H24O2. The summed E-state index contributed by atoms with van der Waals surface area (Å²) in [6.07, 6.45) is 3.56. The van der Waals surface area contributed by atoms with E-state index in [-0.39, 0.29) is 11.7 Å². The average molecular weight is 200 g/mol. The molecule has 0 radical (unpaired) electrons. The zero-order valence-electron chi connectivity index (χ0n) is 10.2. The third-order valence-corrected chi connectivity index (χ3v) is 3.15. The number of rotatable bonds is 7. The van der Waals surface area contributed by atoms with Crippen molar-refractivity contribution in [2.45, 2.75) is 59.0 Å². The van der Waals surface area contributed by atoms with Crippen molar-refractivity contribution in [1.82, 2.24) is 0 Å². The maximum absolute atomic E-state index is 12.1. The first-order valence-electron chi connectivity index (χ1n) is 5.67. The van der Waals surface area contributed by atoms with Gasteiger partial charge in [0.2, 0.25) is 0 Å². The predicted molar refractivity (Wildman–Crippen MR) is 59.4 cm³/mol. The number of Topliss-reactive ketones (excluding diaryl/α,β-unsaturated/α-hetero) is 1. The minimum Gasteiger partial charge on any atom is -0.370 e. The molecule has 0 heterocycles. The molecule has 1 unspecified atom stereocenters. The molecule has 2 heteroatoms. The number of carbonyl (C=O) groups excluding carboxylic acids is 1. The maximum atomic E-state index is 12.1. The van der Waals surface area contributed by atoms with Crippen LogP contribution in [0.25, 0.3) is 0 Å². The van der Waals surface area contributed by atoms with Gasteiger partial charge in [-0.3, -0.25) is 4.79 Å². The van der Waals surface area contributed by atoms with E-state index in [4.69, 9.17) is 4.74 Å². The van der Waals surface area contributed by atoms with Crippen LogP contribution in [0.15, 0.2) is 0 Å². The van der Waals surface area contributed by atoms with Crippen molar-refractivity contribution >= 4 is 5.78 Å². The molecule has 0 rings (SSSR count). The number of hydrogen-bond acceptors (Lipinski definition) is 2. The number of ether oxygens (including phenoxy) is 1. The Morgan fingerprint density at radius 2 is 1.79 bits per heavy atom. The molecule has 0 aliphatic heterocycles. The third kappa shape index (κ3) is 2.81. The Bertz CT molecular complexity index is 163. The molecule has 0 aliphatic carbocycles. The molecule has 0 aromatic rings. The van der Waals surface area contributed by atoms with Crippen molar-refractivity contribution in [3.8, 4) is 0 Å². The maximum Gasteiger partial charge on any atom is 0.167 e. The molecule has 0 N–H and O–H groups in total. The van der Waals surface area contributed by atoms with Crippen LogP contribution in [0.2, 0.25) is 0 Å². The number of hydrogen-bond donors (Lipinski definition) is 0. The van der Waals surface area contributed by atoms with Gasteiger partial charge >= 0.3 is 0 Å². The summed E-state index contributed by atoms with van der Waals surface area (Å²) in [7, 11) is 1.64. The van der Waals surface area contributed by atoms with Gasteiger partial charge in [0.05, 0.1) is 0 Å². The van der Waals surface area contributed by atoms with Crippen LogP contribution >= 0.6 is 0 Å². The normalized spacial score (nSPS) is 14.1. The van der Waals surface area contributed by atoms with Crippen molar-refractivity contribution in [3.63, 3.8) is 0 Å². The van der Waals surface area contributed by atoms with Gasteiger partial charge in [-0.15, -0.1) is 0 Å². The summed E-state index contributed by atoms with van der Waals surface area (Å²) in [5.74, 6) is 0.395. The van der Waals surface area contributed by atoms with Crippen molar-refractivity contribution in [1.29, 1.82) is 0 Å². The average Bonchev–Trinajstić information content (AvgIpc) is 2.21. The summed E-state index contributed by atoms with van der Waals surface area (Å²) in [4.78, 5) is 12.1. The molecule has 0 saturated heterocycles. The quantitative estimate of drug-likeness (QED) is 0.631. The van der Waals surface area contributed by atoms with E-state index < -0.39 is 5.60 Å². The molecule has 0 fully saturated rings. The van der Waals surface area contributed by atoms with E-state index in [0.717, 1.165) is 25.7 Å². The van der Waals surface area contributed by atoms with Gasteiger partial charge in [-0.2, -0.15) is 0 Å². The summed E-state index contributed by atoms with van der Waals surface area (Å²) in [5, 5.41) is 0. The molecule has 0 saturated carbocycles. The fraction of sp³-hybridized carbons (Fsp3) is 0.917. The van der Waals surface area contributed by atoms with Crippen molar-refractivity contribution < 1.29 is 9.53 Å². The predicted octanol–water partition coefficient (Wildman–Crippen LogP) is 3.20. The van der Waals surface area contributed by atoms with Crippen LogP contribution in [-0.4, -0.2) is 18.5 Å². The monoisotopic (exact) mass is 200 g/mol. The van der Waals surface area contributed by atoms with Crippen molar-refractivity contribution in [2.24, 2.45) is 5.92 Å². The van der Waals surface area contributed by atoms with Gasteiger partial charge in [-0.25, -0.2) is 0 Å². The van der Waals surface area contributed by atoms with Crippen LogP contribution in [0.4, 0.5) is 0 Å². The van der Waals surface area contributed by atoms with Gasteiger partial charge in [-0.1, -0.05) is 34.1 Å². The Labute approximate surface area is 88.0 Å². The van der Waals surface area contributed by atoms with Gasteiger partial charge in [0.25, 0.3) is 0 Å². The van der Waals surface area contributed by atoms with Crippen LogP contribution in [0, 0.1) is 5.92 Å².